The molecular weight excluding hydrogens is 548 g/mol. The molecule has 0 bridgehead atoms. The average Bonchev–Trinajstić information content (AvgIpc) is 3.22. The van der Waals surface area contributed by atoms with Crippen LogP contribution in [0.2, 0.25) is 0 Å². The summed E-state index contributed by atoms with van der Waals surface area (Å²) >= 11 is 0. The van der Waals surface area contributed by atoms with E-state index >= 15 is 0 Å². The van der Waals surface area contributed by atoms with Gasteiger partial charge in [0.2, 0.25) is 0 Å². The summed E-state index contributed by atoms with van der Waals surface area (Å²) < 4.78 is 7.67. The van der Waals surface area contributed by atoms with Crippen molar-refractivity contribution in [3.05, 3.63) is 73.5 Å². The third-order valence-corrected chi connectivity index (χ3v) is 9.78. The number of Topliss-reactive ketones (excluding diaryl/α,β-unsaturated/α-hetero) is 1. The van der Waals surface area contributed by atoms with Gasteiger partial charge in [-0.3, -0.25) is 24.2 Å². The monoisotopic (exact) mass is 590 g/mol. The van der Waals surface area contributed by atoms with Gasteiger partial charge < -0.3 is 25.2 Å². The van der Waals surface area contributed by atoms with Gasteiger partial charge >= 0.3 is 0 Å². The lowest BCUT2D eigenvalue weighted by atomic mass is 9.69. The number of hydrogen-bond acceptors (Lipinski definition) is 6. The standard InChI is InChI=1S/C33H42N4O6/c1-9-37(10-2)20-11-12-22(25-28(39)26(29(25)40)24-19(6)35-36(8)31(24)41)23(15-20)34-32(42)33(7)14-13-21-18(5)27(38)16(3)17(4)30(21)43-33/h11-12,15,20,22,25,35,38-39H,9-10,13-14H2,1-8H3,(H,34,42). The van der Waals surface area contributed by atoms with E-state index in [1.54, 1.807) is 20.9 Å². The Morgan fingerprint density at radius 3 is 2.42 bits per heavy atom. The van der Waals surface area contributed by atoms with Crippen LogP contribution in [-0.2, 0) is 23.1 Å². The number of phenolic OH excluding ortho intramolecular Hbond substituents is 1. The number of ether oxygens (including phenoxy) is 1. The Morgan fingerprint density at radius 1 is 1.16 bits per heavy atom. The van der Waals surface area contributed by atoms with Crippen LogP contribution in [0.15, 0.2) is 34.5 Å². The molecule has 1 aromatic carbocycles. The van der Waals surface area contributed by atoms with Crippen molar-refractivity contribution in [3.8, 4) is 11.5 Å². The number of aryl methyl sites for hydroxylation is 2. The van der Waals surface area contributed by atoms with E-state index in [2.05, 4.69) is 24.3 Å². The van der Waals surface area contributed by atoms with Crippen LogP contribution in [0.4, 0.5) is 0 Å². The highest BCUT2D eigenvalue weighted by atomic mass is 16.5. The largest absolute Gasteiger partial charge is 0.874 e. The van der Waals surface area contributed by atoms with Gasteiger partial charge in [0.05, 0.1) is 18.7 Å². The fraction of sp³-hybridized carbons (Fsp3) is 0.485. The van der Waals surface area contributed by atoms with E-state index in [9.17, 15) is 24.6 Å². The number of aromatic hydroxyl groups is 1. The Bertz CT molecular complexity index is 1670. The number of fused-ring (bicyclic) bond motifs is 1. The third kappa shape index (κ3) is 4.72. The van der Waals surface area contributed by atoms with E-state index in [1.165, 1.54) is 9.58 Å². The number of benzene rings is 1. The SMILES string of the molecule is CC[NH+](CC)C1C=CC(C2C(=O)C(c3c(C)[nH]n(C)c3=O)=C2[O-])C(NC(=O)C2(C)CCc3c(C)c(O)c(C)c(C)c3O2)=C1. The lowest BCUT2D eigenvalue weighted by Crippen LogP contribution is -3.14. The van der Waals surface area contributed by atoms with E-state index in [0.29, 0.717) is 35.5 Å². The predicted octanol–water partition coefficient (Wildman–Crippen LogP) is 1.19. The summed E-state index contributed by atoms with van der Waals surface area (Å²) in [6, 6.07) is -0.0502. The summed E-state index contributed by atoms with van der Waals surface area (Å²) in [6.45, 7) is 14.9. The number of carbonyl (C=O) groups excluding carboxylic acids is 2. The van der Waals surface area contributed by atoms with E-state index in [-0.39, 0.29) is 28.8 Å². The molecule has 10 heteroatoms. The molecule has 0 saturated carbocycles. The second kappa shape index (κ2) is 10.9. The molecule has 230 valence electrons. The van der Waals surface area contributed by atoms with Crippen LogP contribution in [0.3, 0.4) is 0 Å². The smallest absolute Gasteiger partial charge is 0.274 e. The summed E-state index contributed by atoms with van der Waals surface area (Å²) in [4.78, 5) is 41.5. The number of carbonyl (C=O) groups is 2. The second-order valence-electron chi connectivity index (χ2n) is 12.3. The lowest BCUT2D eigenvalue weighted by Gasteiger charge is -2.43. The number of phenols is 1. The van der Waals surface area contributed by atoms with Crippen molar-refractivity contribution in [2.24, 2.45) is 18.9 Å². The summed E-state index contributed by atoms with van der Waals surface area (Å²) in [5.41, 5.74) is 2.52. The number of quaternary nitrogens is 1. The van der Waals surface area contributed by atoms with Gasteiger partial charge in [-0.25, -0.2) is 0 Å². The van der Waals surface area contributed by atoms with Crippen molar-refractivity contribution < 1.29 is 29.4 Å². The molecule has 4 atom stereocenters. The summed E-state index contributed by atoms with van der Waals surface area (Å²) in [6.07, 6.45) is 6.74. The third-order valence-electron chi connectivity index (χ3n) is 9.78. The Hall–Kier alpha value is -4.05. The molecule has 2 aliphatic carbocycles. The van der Waals surface area contributed by atoms with E-state index < -0.39 is 34.5 Å². The number of rotatable bonds is 7. The summed E-state index contributed by atoms with van der Waals surface area (Å²) in [5.74, 6) is -2.00. The van der Waals surface area contributed by atoms with Crippen LogP contribution in [0.5, 0.6) is 11.5 Å². The average molecular weight is 591 g/mol. The van der Waals surface area contributed by atoms with Gasteiger partial charge in [0.25, 0.3) is 11.5 Å². The second-order valence-corrected chi connectivity index (χ2v) is 12.3. The Kier molecular flexibility index (Phi) is 7.71. The topological polar surface area (TPSA) is 141 Å². The molecule has 1 aromatic heterocycles. The molecule has 4 unspecified atom stereocenters. The normalized spacial score (nSPS) is 24.9. The van der Waals surface area contributed by atoms with Gasteiger partial charge in [-0.1, -0.05) is 6.08 Å². The number of allylic oxidation sites excluding steroid dienone is 3. The number of H-pyrrole nitrogens is 1. The Morgan fingerprint density at radius 2 is 1.84 bits per heavy atom. The van der Waals surface area contributed by atoms with Crippen LogP contribution in [0.1, 0.15) is 60.7 Å². The van der Waals surface area contributed by atoms with Crippen molar-refractivity contribution >= 4 is 17.3 Å². The highest BCUT2D eigenvalue weighted by Crippen LogP contribution is 2.45. The quantitative estimate of drug-likeness (QED) is 0.357. The van der Waals surface area contributed by atoms with Crippen LogP contribution < -0.4 is 25.6 Å². The minimum absolute atomic E-state index is 0.0502. The number of likely N-dealkylation sites (N-methyl/N-ethyl adjacent to an activating group) is 1. The van der Waals surface area contributed by atoms with E-state index in [1.807, 2.05) is 39.0 Å². The van der Waals surface area contributed by atoms with Crippen LogP contribution in [-0.4, -0.2) is 51.3 Å². The molecule has 2 aromatic rings. The molecule has 43 heavy (non-hydrogen) atoms. The summed E-state index contributed by atoms with van der Waals surface area (Å²) in [5, 5.41) is 30.0. The maximum atomic E-state index is 14.0. The molecule has 2 heterocycles. The Balaban J connectivity index is 1.48. The molecule has 3 aliphatic rings. The van der Waals surface area contributed by atoms with Crippen LogP contribution in [0.25, 0.3) is 5.57 Å². The molecule has 1 aliphatic heterocycles. The first-order valence-corrected chi connectivity index (χ1v) is 15.0. The molecular formula is C33H42N4O6. The van der Waals surface area contributed by atoms with Gasteiger partial charge in [-0.15, -0.1) is 5.76 Å². The number of ketones is 1. The number of aromatic amines is 1. The van der Waals surface area contributed by atoms with Crippen LogP contribution in [0, 0.1) is 39.5 Å². The Labute approximate surface area is 251 Å². The first-order valence-electron chi connectivity index (χ1n) is 15.0. The first kappa shape index (κ1) is 30.4. The molecule has 0 fully saturated rings. The zero-order valence-electron chi connectivity index (χ0n) is 26.2. The van der Waals surface area contributed by atoms with Gasteiger partial charge in [-0.05, 0) is 83.7 Å². The maximum absolute atomic E-state index is 14.0. The number of amides is 1. The van der Waals surface area contributed by atoms with Crippen molar-refractivity contribution in [1.82, 2.24) is 15.1 Å². The molecule has 0 saturated heterocycles. The van der Waals surface area contributed by atoms with Crippen LogP contribution >= 0.6 is 0 Å². The number of aromatic nitrogens is 2. The fourth-order valence-corrected chi connectivity index (χ4v) is 6.79. The highest BCUT2D eigenvalue weighted by Gasteiger charge is 2.46. The maximum Gasteiger partial charge on any atom is 0.274 e. The van der Waals surface area contributed by atoms with Crippen molar-refractivity contribution in [2.75, 3.05) is 13.1 Å². The van der Waals surface area contributed by atoms with Gasteiger partial charge in [0.15, 0.2) is 11.4 Å². The van der Waals surface area contributed by atoms with Crippen molar-refractivity contribution in [3.63, 3.8) is 0 Å². The van der Waals surface area contributed by atoms with Crippen molar-refractivity contribution in [1.29, 1.82) is 0 Å². The van der Waals surface area contributed by atoms with Gasteiger partial charge in [0.1, 0.15) is 17.5 Å². The fourth-order valence-electron chi connectivity index (χ4n) is 6.79. The number of nitrogens with one attached hydrogen (secondary N) is 3. The molecule has 4 N–H and O–H groups in total. The minimum atomic E-state index is -1.21. The van der Waals surface area contributed by atoms with Crippen molar-refractivity contribution in [2.45, 2.75) is 73.0 Å². The zero-order chi connectivity index (χ0) is 31.5. The number of nitrogens with zero attached hydrogens (tertiary/aromatic N) is 1. The first-order chi connectivity index (χ1) is 20.2. The minimum Gasteiger partial charge on any atom is -0.874 e. The van der Waals surface area contributed by atoms with Gasteiger partial charge in [-0.2, -0.15) is 0 Å². The highest BCUT2D eigenvalue weighted by molar-refractivity contribution is 6.30. The molecule has 10 nitrogen and oxygen atoms in total. The molecule has 1 amide bonds. The van der Waals surface area contributed by atoms with E-state index in [0.717, 1.165) is 29.8 Å². The van der Waals surface area contributed by atoms with Gasteiger partial charge in [0, 0.05) is 47.8 Å². The zero-order valence-corrected chi connectivity index (χ0v) is 26.2. The predicted molar refractivity (Wildman–Crippen MR) is 161 cm³/mol. The number of hydrogen-bond donors (Lipinski definition) is 4. The van der Waals surface area contributed by atoms with E-state index in [4.69, 9.17) is 4.74 Å². The lowest BCUT2D eigenvalue weighted by molar-refractivity contribution is -0.908. The molecule has 5 rings (SSSR count). The molecule has 0 spiro atoms. The molecule has 0 radical (unpaired) electrons. The summed E-state index contributed by atoms with van der Waals surface area (Å²) in [7, 11) is 1.54.